The predicted molar refractivity (Wildman–Crippen MR) is 108 cm³/mol. The smallest absolute Gasteiger partial charge is 0.254 e. The molecular formula is C23H22N2O2. The third-order valence-electron chi connectivity index (χ3n) is 5.21. The van der Waals surface area contributed by atoms with Gasteiger partial charge in [-0.15, -0.1) is 0 Å². The number of para-hydroxylation sites is 1. The number of carbonyl (C=O) groups is 2. The molecule has 0 atom stereocenters. The second-order valence-corrected chi connectivity index (χ2v) is 6.95. The lowest BCUT2D eigenvalue weighted by Crippen LogP contribution is -2.41. The van der Waals surface area contributed by atoms with Gasteiger partial charge in [0.15, 0.2) is 0 Å². The molecule has 1 aliphatic rings. The molecule has 2 amide bonds. The first-order valence-corrected chi connectivity index (χ1v) is 9.35. The van der Waals surface area contributed by atoms with E-state index in [0.29, 0.717) is 25.9 Å². The van der Waals surface area contributed by atoms with Crippen LogP contribution in [0.15, 0.2) is 72.8 Å². The minimum atomic E-state index is -0.0539. The summed E-state index contributed by atoms with van der Waals surface area (Å²) in [6.07, 6.45) is 1.38. The van der Waals surface area contributed by atoms with Crippen LogP contribution in [0.3, 0.4) is 0 Å². The van der Waals surface area contributed by atoms with Crippen molar-refractivity contribution < 1.29 is 9.59 Å². The van der Waals surface area contributed by atoms with E-state index in [1.807, 2.05) is 77.7 Å². The summed E-state index contributed by atoms with van der Waals surface area (Å²) in [5.74, 6) is 0.0361. The highest BCUT2D eigenvalue weighted by Crippen LogP contribution is 2.24. The maximum Gasteiger partial charge on any atom is 0.254 e. The summed E-state index contributed by atoms with van der Waals surface area (Å²) < 4.78 is 0. The molecule has 0 aromatic heterocycles. The number of benzene rings is 3. The molecule has 4 nitrogen and oxygen atoms in total. The largest absolute Gasteiger partial charge is 0.339 e. The van der Waals surface area contributed by atoms with Crippen molar-refractivity contribution in [3.8, 4) is 0 Å². The van der Waals surface area contributed by atoms with Crippen molar-refractivity contribution in [2.75, 3.05) is 18.4 Å². The van der Waals surface area contributed by atoms with Gasteiger partial charge in [-0.25, -0.2) is 0 Å². The number of nitrogens with one attached hydrogen (secondary N) is 1. The zero-order valence-electron chi connectivity index (χ0n) is 15.1. The molecule has 136 valence electrons. The van der Waals surface area contributed by atoms with Gasteiger partial charge in [0.05, 0.1) is 0 Å². The lowest BCUT2D eigenvalue weighted by Gasteiger charge is -2.31. The van der Waals surface area contributed by atoms with Gasteiger partial charge in [-0.3, -0.25) is 9.59 Å². The van der Waals surface area contributed by atoms with E-state index in [2.05, 4.69) is 5.32 Å². The number of amides is 2. The summed E-state index contributed by atoms with van der Waals surface area (Å²) in [4.78, 5) is 27.4. The van der Waals surface area contributed by atoms with Crippen LogP contribution in [0.1, 0.15) is 23.2 Å². The van der Waals surface area contributed by atoms with Crippen molar-refractivity contribution in [2.24, 2.45) is 5.92 Å². The number of carbonyl (C=O) groups excluding carboxylic acids is 2. The topological polar surface area (TPSA) is 49.4 Å². The van der Waals surface area contributed by atoms with Crippen LogP contribution >= 0.6 is 0 Å². The Morgan fingerprint density at radius 2 is 1.48 bits per heavy atom. The molecule has 1 N–H and O–H groups in total. The SMILES string of the molecule is O=C(Nc1ccccc1)C1CCN(C(=O)c2cccc3ccccc23)CC1. The van der Waals surface area contributed by atoms with Crippen LogP contribution in [0, 0.1) is 5.92 Å². The fourth-order valence-electron chi connectivity index (χ4n) is 3.69. The van der Waals surface area contributed by atoms with Crippen LogP contribution in [-0.4, -0.2) is 29.8 Å². The average molecular weight is 358 g/mol. The minimum absolute atomic E-state index is 0.0402. The molecule has 0 bridgehead atoms. The van der Waals surface area contributed by atoms with Gasteiger partial charge in [-0.2, -0.15) is 0 Å². The van der Waals surface area contributed by atoms with Crippen LogP contribution in [0.25, 0.3) is 10.8 Å². The average Bonchev–Trinajstić information content (AvgIpc) is 2.73. The number of anilines is 1. The Morgan fingerprint density at radius 3 is 2.26 bits per heavy atom. The summed E-state index contributed by atoms with van der Waals surface area (Å²) in [6.45, 7) is 1.21. The van der Waals surface area contributed by atoms with Crippen molar-refractivity contribution >= 4 is 28.3 Å². The monoisotopic (exact) mass is 358 g/mol. The molecular weight excluding hydrogens is 336 g/mol. The number of fused-ring (bicyclic) bond motifs is 1. The first-order chi connectivity index (χ1) is 13.2. The standard InChI is InChI=1S/C23H22N2O2/c26-22(24-19-9-2-1-3-10-19)18-13-15-25(16-14-18)23(27)21-12-6-8-17-7-4-5-11-20(17)21/h1-12,18H,13-16H2,(H,24,26). The quantitative estimate of drug-likeness (QED) is 0.757. The van der Waals surface area contributed by atoms with Crippen molar-refractivity contribution in [1.29, 1.82) is 0 Å². The maximum absolute atomic E-state index is 13.0. The number of nitrogens with zero attached hydrogens (tertiary/aromatic N) is 1. The van der Waals surface area contributed by atoms with Crippen molar-refractivity contribution in [2.45, 2.75) is 12.8 Å². The summed E-state index contributed by atoms with van der Waals surface area (Å²) in [5, 5.41) is 5.02. The number of rotatable bonds is 3. The lowest BCUT2D eigenvalue weighted by molar-refractivity contribution is -0.121. The highest BCUT2D eigenvalue weighted by Gasteiger charge is 2.28. The molecule has 0 aliphatic carbocycles. The predicted octanol–water partition coefficient (Wildman–Crippen LogP) is 4.33. The van der Waals surface area contributed by atoms with Gasteiger partial charge in [0.1, 0.15) is 0 Å². The number of likely N-dealkylation sites (tertiary alicyclic amines) is 1. The molecule has 1 aliphatic heterocycles. The fourth-order valence-corrected chi connectivity index (χ4v) is 3.69. The highest BCUT2D eigenvalue weighted by molar-refractivity contribution is 6.07. The van der Waals surface area contributed by atoms with E-state index in [-0.39, 0.29) is 17.7 Å². The Morgan fingerprint density at radius 1 is 0.815 bits per heavy atom. The molecule has 1 heterocycles. The minimum Gasteiger partial charge on any atom is -0.339 e. The van der Waals surface area contributed by atoms with Crippen LogP contribution < -0.4 is 5.32 Å². The summed E-state index contributed by atoms with van der Waals surface area (Å²) in [5.41, 5.74) is 1.55. The highest BCUT2D eigenvalue weighted by atomic mass is 16.2. The Hall–Kier alpha value is -3.14. The summed E-state index contributed by atoms with van der Waals surface area (Å²) in [6, 6.07) is 23.3. The molecule has 0 radical (unpaired) electrons. The normalized spacial score (nSPS) is 14.9. The van der Waals surface area contributed by atoms with Gasteiger partial charge in [-0.1, -0.05) is 54.6 Å². The molecule has 0 spiro atoms. The van der Waals surface area contributed by atoms with Crippen LogP contribution in [0.2, 0.25) is 0 Å². The van der Waals surface area contributed by atoms with E-state index < -0.39 is 0 Å². The molecule has 4 heteroatoms. The third kappa shape index (κ3) is 3.70. The lowest BCUT2D eigenvalue weighted by atomic mass is 9.94. The van der Waals surface area contributed by atoms with Crippen molar-refractivity contribution in [3.63, 3.8) is 0 Å². The third-order valence-corrected chi connectivity index (χ3v) is 5.21. The summed E-state index contributed by atoms with van der Waals surface area (Å²) >= 11 is 0. The molecule has 27 heavy (non-hydrogen) atoms. The molecule has 3 aromatic carbocycles. The van der Waals surface area contributed by atoms with E-state index in [9.17, 15) is 9.59 Å². The van der Waals surface area contributed by atoms with Crippen molar-refractivity contribution in [1.82, 2.24) is 4.90 Å². The van der Waals surface area contributed by atoms with E-state index in [1.165, 1.54) is 0 Å². The molecule has 0 saturated carbocycles. The zero-order valence-corrected chi connectivity index (χ0v) is 15.1. The summed E-state index contributed by atoms with van der Waals surface area (Å²) in [7, 11) is 0. The Balaban J connectivity index is 1.41. The Labute approximate surface area is 158 Å². The molecule has 1 saturated heterocycles. The molecule has 0 unspecified atom stereocenters. The van der Waals surface area contributed by atoms with E-state index in [4.69, 9.17) is 0 Å². The maximum atomic E-state index is 13.0. The van der Waals surface area contributed by atoms with E-state index >= 15 is 0 Å². The van der Waals surface area contributed by atoms with Gasteiger partial charge in [0, 0.05) is 30.3 Å². The Bertz CT molecular complexity index is 955. The van der Waals surface area contributed by atoms with Crippen molar-refractivity contribution in [3.05, 3.63) is 78.4 Å². The first-order valence-electron chi connectivity index (χ1n) is 9.35. The number of hydrogen-bond donors (Lipinski definition) is 1. The fraction of sp³-hybridized carbons (Fsp3) is 0.217. The van der Waals surface area contributed by atoms with Crippen LogP contribution in [0.5, 0.6) is 0 Å². The van der Waals surface area contributed by atoms with Gasteiger partial charge in [-0.05, 0) is 41.8 Å². The van der Waals surface area contributed by atoms with Gasteiger partial charge < -0.3 is 10.2 Å². The molecule has 3 aromatic rings. The van der Waals surface area contributed by atoms with E-state index in [0.717, 1.165) is 22.0 Å². The van der Waals surface area contributed by atoms with Gasteiger partial charge in [0.25, 0.3) is 5.91 Å². The van der Waals surface area contributed by atoms with Crippen LogP contribution in [0.4, 0.5) is 5.69 Å². The zero-order chi connectivity index (χ0) is 18.6. The number of hydrogen-bond acceptors (Lipinski definition) is 2. The number of piperidine rings is 1. The van der Waals surface area contributed by atoms with Gasteiger partial charge in [0.2, 0.25) is 5.91 Å². The Kier molecular flexibility index (Phi) is 4.88. The van der Waals surface area contributed by atoms with E-state index in [1.54, 1.807) is 0 Å². The first kappa shape index (κ1) is 17.3. The van der Waals surface area contributed by atoms with Gasteiger partial charge >= 0.3 is 0 Å². The molecule has 4 rings (SSSR count). The molecule has 1 fully saturated rings. The van der Waals surface area contributed by atoms with Crippen LogP contribution in [-0.2, 0) is 4.79 Å². The second-order valence-electron chi connectivity index (χ2n) is 6.95. The second kappa shape index (κ2) is 7.62.